The summed E-state index contributed by atoms with van der Waals surface area (Å²) < 4.78 is 0. The first-order valence-corrected chi connectivity index (χ1v) is 11.2. The van der Waals surface area contributed by atoms with Gasteiger partial charge in [0.1, 0.15) is 0 Å². The number of hydrogen-bond acceptors (Lipinski definition) is 3. The number of hydrogen-bond donors (Lipinski definition) is 1. The minimum Gasteiger partial charge on any atom is -0.335 e. The molecule has 3 aromatic rings. The highest BCUT2D eigenvalue weighted by Gasteiger charge is 2.21. The molecule has 3 rings (SSSR count). The molecule has 1 amide bonds. The molecular formula is C24H30N3OS+. The zero-order valence-electron chi connectivity index (χ0n) is 17.5. The summed E-state index contributed by atoms with van der Waals surface area (Å²) in [4.78, 5) is 21.5. The minimum absolute atomic E-state index is 0.0218. The average molecular weight is 409 g/mol. The predicted molar refractivity (Wildman–Crippen MR) is 122 cm³/mol. The van der Waals surface area contributed by atoms with Crippen LogP contribution in [0.4, 0.5) is 5.13 Å². The molecule has 0 aliphatic rings. The van der Waals surface area contributed by atoms with Crippen LogP contribution >= 0.6 is 11.3 Å². The Balaban J connectivity index is 1.83. The Hall–Kier alpha value is -2.50. The van der Waals surface area contributed by atoms with E-state index in [0.717, 1.165) is 48.0 Å². The van der Waals surface area contributed by atoms with E-state index in [2.05, 4.69) is 26.0 Å². The van der Waals surface area contributed by atoms with Crippen molar-refractivity contribution in [1.82, 2.24) is 4.98 Å². The fourth-order valence-corrected chi connectivity index (χ4v) is 4.21. The van der Waals surface area contributed by atoms with Crippen LogP contribution in [0, 0.1) is 6.92 Å². The highest BCUT2D eigenvalue weighted by Crippen LogP contribution is 2.28. The Bertz CT molecular complexity index is 901. The first kappa shape index (κ1) is 21.2. The van der Waals surface area contributed by atoms with Gasteiger partial charge in [-0.05, 0) is 32.9 Å². The molecule has 0 aliphatic carbocycles. The summed E-state index contributed by atoms with van der Waals surface area (Å²) in [6.45, 7) is 10.4. The molecule has 0 atom stereocenters. The number of benzene rings is 2. The standard InChI is InChI=1S/C24H29N3OS/c1-4-26(5-2)16-9-17-27(23(28)21-14-12-19(3)13-15-21)24-25-22(18-29-24)20-10-7-6-8-11-20/h6-8,10-15,18H,4-5,9,16-17H2,1-3H3/p+1. The summed E-state index contributed by atoms with van der Waals surface area (Å²) in [5, 5.41) is 2.80. The van der Waals surface area contributed by atoms with E-state index < -0.39 is 0 Å². The third-order valence-corrected chi connectivity index (χ3v) is 6.11. The van der Waals surface area contributed by atoms with Gasteiger partial charge >= 0.3 is 0 Å². The van der Waals surface area contributed by atoms with Crippen molar-refractivity contribution in [2.45, 2.75) is 27.2 Å². The molecule has 152 valence electrons. The van der Waals surface area contributed by atoms with Crippen molar-refractivity contribution in [2.75, 3.05) is 31.1 Å². The number of aryl methyl sites for hydroxylation is 1. The second-order valence-electron chi connectivity index (χ2n) is 7.26. The lowest BCUT2D eigenvalue weighted by atomic mass is 10.1. The Morgan fingerprint density at radius 1 is 1.03 bits per heavy atom. The van der Waals surface area contributed by atoms with Crippen LogP contribution < -0.4 is 9.80 Å². The first-order chi connectivity index (χ1) is 14.1. The van der Waals surface area contributed by atoms with Gasteiger partial charge in [0, 0.05) is 29.5 Å². The zero-order valence-corrected chi connectivity index (χ0v) is 18.3. The van der Waals surface area contributed by atoms with Gasteiger partial charge < -0.3 is 4.90 Å². The minimum atomic E-state index is 0.0218. The molecule has 0 spiro atoms. The van der Waals surface area contributed by atoms with Crippen molar-refractivity contribution < 1.29 is 9.69 Å². The molecule has 1 N–H and O–H groups in total. The van der Waals surface area contributed by atoms with Crippen molar-refractivity contribution in [3.63, 3.8) is 0 Å². The van der Waals surface area contributed by atoms with Crippen molar-refractivity contribution in [1.29, 1.82) is 0 Å². The van der Waals surface area contributed by atoms with Crippen molar-refractivity contribution in [2.24, 2.45) is 0 Å². The topological polar surface area (TPSA) is 37.6 Å². The zero-order chi connectivity index (χ0) is 20.6. The maximum absolute atomic E-state index is 13.3. The molecule has 0 radical (unpaired) electrons. The lowest BCUT2D eigenvalue weighted by Crippen LogP contribution is -3.11. The number of aromatic nitrogens is 1. The summed E-state index contributed by atoms with van der Waals surface area (Å²) in [6, 6.07) is 17.9. The summed E-state index contributed by atoms with van der Waals surface area (Å²) in [5.41, 5.74) is 3.85. The lowest BCUT2D eigenvalue weighted by molar-refractivity contribution is -0.896. The van der Waals surface area contributed by atoms with Crippen molar-refractivity contribution in [3.8, 4) is 11.3 Å². The quantitative estimate of drug-likeness (QED) is 0.579. The Labute approximate surface area is 177 Å². The molecule has 4 nitrogen and oxygen atoms in total. The fourth-order valence-electron chi connectivity index (χ4n) is 3.36. The number of thiazole rings is 1. The average Bonchev–Trinajstić information content (AvgIpc) is 3.24. The third kappa shape index (κ3) is 5.52. The van der Waals surface area contributed by atoms with Crippen molar-refractivity contribution in [3.05, 3.63) is 71.1 Å². The van der Waals surface area contributed by atoms with E-state index in [1.165, 1.54) is 11.3 Å². The summed E-state index contributed by atoms with van der Waals surface area (Å²) in [7, 11) is 0. The second-order valence-corrected chi connectivity index (χ2v) is 8.10. The number of quaternary nitrogens is 1. The Morgan fingerprint density at radius 2 is 1.72 bits per heavy atom. The maximum atomic E-state index is 13.3. The smallest absolute Gasteiger partial charge is 0.260 e. The maximum Gasteiger partial charge on any atom is 0.260 e. The van der Waals surface area contributed by atoms with Gasteiger partial charge in [0.25, 0.3) is 5.91 Å². The summed E-state index contributed by atoms with van der Waals surface area (Å²) >= 11 is 1.54. The summed E-state index contributed by atoms with van der Waals surface area (Å²) in [6.07, 6.45) is 0.953. The second kappa shape index (κ2) is 10.3. The Kier molecular flexibility index (Phi) is 7.55. The molecule has 2 aromatic carbocycles. The number of anilines is 1. The van der Waals surface area contributed by atoms with Gasteiger partial charge in [-0.25, -0.2) is 4.98 Å². The van der Waals surface area contributed by atoms with Crippen LogP contribution in [0.1, 0.15) is 36.2 Å². The third-order valence-electron chi connectivity index (χ3n) is 5.25. The van der Waals surface area contributed by atoms with E-state index >= 15 is 0 Å². The van der Waals surface area contributed by atoms with Gasteiger partial charge in [0.2, 0.25) is 0 Å². The molecule has 0 bridgehead atoms. The summed E-state index contributed by atoms with van der Waals surface area (Å²) in [5.74, 6) is 0.0218. The number of nitrogens with zero attached hydrogens (tertiary/aromatic N) is 2. The lowest BCUT2D eigenvalue weighted by Gasteiger charge is -2.22. The molecule has 0 saturated heterocycles. The van der Waals surface area contributed by atoms with Crippen LogP contribution in [0.2, 0.25) is 0 Å². The van der Waals surface area contributed by atoms with Crippen LogP contribution in [0.15, 0.2) is 60.0 Å². The van der Waals surface area contributed by atoms with E-state index in [4.69, 9.17) is 4.98 Å². The number of rotatable bonds is 9. The van der Waals surface area contributed by atoms with Crippen LogP contribution in [0.3, 0.4) is 0 Å². The molecule has 5 heteroatoms. The number of amides is 1. The predicted octanol–water partition coefficient (Wildman–Crippen LogP) is 4.08. The molecule has 1 heterocycles. The first-order valence-electron chi connectivity index (χ1n) is 10.4. The van der Waals surface area contributed by atoms with Crippen molar-refractivity contribution >= 4 is 22.4 Å². The van der Waals surface area contributed by atoms with Crippen LogP contribution in [-0.2, 0) is 0 Å². The van der Waals surface area contributed by atoms with Gasteiger partial charge in [0.15, 0.2) is 5.13 Å². The van der Waals surface area contributed by atoms with Gasteiger partial charge in [-0.15, -0.1) is 11.3 Å². The number of carbonyl (C=O) groups is 1. The molecule has 0 aliphatic heterocycles. The van der Waals surface area contributed by atoms with Gasteiger partial charge in [-0.3, -0.25) is 9.69 Å². The molecular weight excluding hydrogens is 378 g/mol. The van der Waals surface area contributed by atoms with Gasteiger partial charge in [-0.1, -0.05) is 48.0 Å². The van der Waals surface area contributed by atoms with E-state index in [0.29, 0.717) is 12.1 Å². The van der Waals surface area contributed by atoms with E-state index in [-0.39, 0.29) is 5.91 Å². The monoisotopic (exact) mass is 408 g/mol. The van der Waals surface area contributed by atoms with Gasteiger partial charge in [-0.2, -0.15) is 0 Å². The Morgan fingerprint density at radius 3 is 2.38 bits per heavy atom. The van der Waals surface area contributed by atoms with E-state index in [1.807, 2.05) is 59.7 Å². The molecule has 29 heavy (non-hydrogen) atoms. The highest BCUT2D eigenvalue weighted by atomic mass is 32.1. The number of carbonyl (C=O) groups excluding carboxylic acids is 1. The normalized spacial score (nSPS) is 11.0. The molecule has 1 aromatic heterocycles. The van der Waals surface area contributed by atoms with Crippen LogP contribution in [0.5, 0.6) is 0 Å². The largest absolute Gasteiger partial charge is 0.335 e. The van der Waals surface area contributed by atoms with E-state index in [9.17, 15) is 4.79 Å². The molecule has 0 saturated carbocycles. The SMILES string of the molecule is CC[NH+](CC)CCCN(C(=O)c1ccc(C)cc1)c1nc(-c2ccccc2)cs1. The fraction of sp³-hybridized carbons (Fsp3) is 0.333. The number of nitrogens with one attached hydrogen (secondary N) is 1. The molecule has 0 fully saturated rings. The van der Waals surface area contributed by atoms with Crippen LogP contribution in [-0.4, -0.2) is 37.1 Å². The van der Waals surface area contributed by atoms with Crippen LogP contribution in [0.25, 0.3) is 11.3 Å². The highest BCUT2D eigenvalue weighted by molar-refractivity contribution is 7.14. The van der Waals surface area contributed by atoms with E-state index in [1.54, 1.807) is 4.90 Å². The molecule has 0 unspecified atom stereocenters. The van der Waals surface area contributed by atoms with Gasteiger partial charge in [0.05, 0.1) is 25.3 Å².